The lowest BCUT2D eigenvalue weighted by Gasteiger charge is -2.25. The lowest BCUT2D eigenvalue weighted by atomic mass is 9.81. The summed E-state index contributed by atoms with van der Waals surface area (Å²) >= 11 is 5.20. The number of rotatable bonds is 2. The van der Waals surface area contributed by atoms with Gasteiger partial charge in [0.2, 0.25) is 5.24 Å². The van der Waals surface area contributed by atoms with Crippen LogP contribution in [0.3, 0.4) is 0 Å². The van der Waals surface area contributed by atoms with Gasteiger partial charge in [0.05, 0.1) is 0 Å². The van der Waals surface area contributed by atoms with Crippen LogP contribution in [0, 0.1) is 5.92 Å². The third-order valence-electron chi connectivity index (χ3n) is 1.85. The molecule has 0 radical (unpaired) electrons. The van der Waals surface area contributed by atoms with Crippen molar-refractivity contribution in [1.29, 1.82) is 0 Å². The SMILES string of the molecule is C=C(C(=O)Cl)C1CCC1. The van der Waals surface area contributed by atoms with Gasteiger partial charge in [0.25, 0.3) is 0 Å². The Morgan fingerprint density at radius 1 is 1.56 bits per heavy atom. The molecule has 0 N–H and O–H groups in total. The van der Waals surface area contributed by atoms with Crippen LogP contribution in [0.25, 0.3) is 0 Å². The molecule has 1 rings (SSSR count). The highest BCUT2D eigenvalue weighted by molar-refractivity contribution is 6.67. The maximum atomic E-state index is 10.4. The molecular formula is C7H9ClO. The maximum absolute atomic E-state index is 10.4. The van der Waals surface area contributed by atoms with Gasteiger partial charge in [-0.2, -0.15) is 0 Å². The van der Waals surface area contributed by atoms with Crippen LogP contribution in [-0.2, 0) is 4.79 Å². The second-order valence-corrected chi connectivity index (χ2v) is 2.77. The maximum Gasteiger partial charge on any atom is 0.248 e. The molecule has 0 bridgehead atoms. The second-order valence-electron chi connectivity index (χ2n) is 2.43. The van der Waals surface area contributed by atoms with Crippen molar-refractivity contribution in [3.8, 4) is 0 Å². The summed E-state index contributed by atoms with van der Waals surface area (Å²) < 4.78 is 0. The smallest absolute Gasteiger partial charge is 0.248 e. The predicted molar refractivity (Wildman–Crippen MR) is 37.3 cm³/mol. The van der Waals surface area contributed by atoms with Crippen molar-refractivity contribution in [2.75, 3.05) is 0 Å². The average Bonchev–Trinajstić information content (AvgIpc) is 1.60. The zero-order valence-electron chi connectivity index (χ0n) is 5.19. The minimum Gasteiger partial charge on any atom is -0.276 e. The van der Waals surface area contributed by atoms with E-state index in [0.717, 1.165) is 12.8 Å². The Bertz CT molecular complexity index is 147. The topological polar surface area (TPSA) is 17.1 Å². The van der Waals surface area contributed by atoms with Gasteiger partial charge in [0.1, 0.15) is 0 Å². The van der Waals surface area contributed by atoms with E-state index in [9.17, 15) is 4.79 Å². The van der Waals surface area contributed by atoms with Crippen LogP contribution in [0.1, 0.15) is 19.3 Å². The number of hydrogen-bond acceptors (Lipinski definition) is 1. The molecule has 0 amide bonds. The van der Waals surface area contributed by atoms with Crippen LogP contribution in [0.5, 0.6) is 0 Å². The molecule has 1 aliphatic rings. The van der Waals surface area contributed by atoms with Crippen molar-refractivity contribution >= 4 is 16.8 Å². The van der Waals surface area contributed by atoms with E-state index in [1.807, 2.05) is 0 Å². The standard InChI is InChI=1S/C7H9ClO/c1-5(7(8)9)6-3-2-4-6/h6H,1-4H2. The van der Waals surface area contributed by atoms with Gasteiger partial charge in [-0.05, 0) is 30.4 Å². The molecule has 50 valence electrons. The molecule has 1 nitrogen and oxygen atoms in total. The van der Waals surface area contributed by atoms with E-state index < -0.39 is 0 Å². The Hall–Kier alpha value is -0.300. The molecule has 1 aliphatic carbocycles. The summed E-state index contributed by atoms with van der Waals surface area (Å²) in [6.45, 7) is 3.59. The first-order chi connectivity index (χ1) is 4.22. The molecule has 1 fully saturated rings. The second kappa shape index (κ2) is 2.53. The first-order valence-electron chi connectivity index (χ1n) is 3.10. The van der Waals surface area contributed by atoms with Gasteiger partial charge in [-0.1, -0.05) is 13.0 Å². The molecule has 0 spiro atoms. The van der Waals surface area contributed by atoms with Crippen LogP contribution in [0.2, 0.25) is 0 Å². The summed E-state index contributed by atoms with van der Waals surface area (Å²) in [4.78, 5) is 10.4. The van der Waals surface area contributed by atoms with Crippen molar-refractivity contribution < 1.29 is 4.79 Å². The van der Waals surface area contributed by atoms with E-state index in [0.29, 0.717) is 11.5 Å². The monoisotopic (exact) mass is 144 g/mol. The normalized spacial score (nSPS) is 18.8. The van der Waals surface area contributed by atoms with Gasteiger partial charge in [-0.3, -0.25) is 4.79 Å². The summed E-state index contributed by atoms with van der Waals surface area (Å²) in [5.74, 6) is 0.398. The third kappa shape index (κ3) is 1.33. The summed E-state index contributed by atoms with van der Waals surface area (Å²) in [6.07, 6.45) is 3.41. The largest absolute Gasteiger partial charge is 0.276 e. The number of hydrogen-bond donors (Lipinski definition) is 0. The molecular weight excluding hydrogens is 136 g/mol. The summed E-state index contributed by atoms with van der Waals surface area (Å²) in [5.41, 5.74) is 0.600. The van der Waals surface area contributed by atoms with Crippen molar-refractivity contribution in [2.24, 2.45) is 5.92 Å². The van der Waals surface area contributed by atoms with Gasteiger partial charge >= 0.3 is 0 Å². The number of halogens is 1. The molecule has 2 heteroatoms. The Balaban J connectivity index is 2.42. The number of carbonyl (C=O) groups excluding carboxylic acids is 1. The van der Waals surface area contributed by atoms with Crippen LogP contribution in [0.15, 0.2) is 12.2 Å². The van der Waals surface area contributed by atoms with Crippen LogP contribution in [0.4, 0.5) is 0 Å². The summed E-state index contributed by atoms with van der Waals surface area (Å²) in [7, 11) is 0. The Morgan fingerprint density at radius 2 is 2.11 bits per heavy atom. The highest BCUT2D eigenvalue weighted by Crippen LogP contribution is 2.32. The molecule has 1 saturated carbocycles. The zero-order valence-corrected chi connectivity index (χ0v) is 5.95. The van der Waals surface area contributed by atoms with Gasteiger partial charge < -0.3 is 0 Å². The quantitative estimate of drug-likeness (QED) is 0.429. The van der Waals surface area contributed by atoms with Crippen molar-refractivity contribution in [2.45, 2.75) is 19.3 Å². The number of allylic oxidation sites excluding steroid dienone is 1. The van der Waals surface area contributed by atoms with E-state index in [-0.39, 0.29) is 5.24 Å². The Kier molecular flexibility index (Phi) is 1.91. The highest BCUT2D eigenvalue weighted by Gasteiger charge is 2.23. The highest BCUT2D eigenvalue weighted by atomic mass is 35.5. The molecule has 0 aromatic carbocycles. The van der Waals surface area contributed by atoms with Crippen molar-refractivity contribution in [1.82, 2.24) is 0 Å². The molecule has 0 atom stereocenters. The van der Waals surface area contributed by atoms with E-state index in [4.69, 9.17) is 11.6 Å². The first-order valence-corrected chi connectivity index (χ1v) is 3.48. The van der Waals surface area contributed by atoms with E-state index in [2.05, 4.69) is 6.58 Å². The van der Waals surface area contributed by atoms with E-state index in [1.54, 1.807) is 0 Å². The van der Waals surface area contributed by atoms with E-state index in [1.165, 1.54) is 6.42 Å². The molecule has 0 saturated heterocycles. The Morgan fingerprint density at radius 3 is 2.22 bits per heavy atom. The lowest BCUT2D eigenvalue weighted by molar-refractivity contribution is -0.109. The average molecular weight is 145 g/mol. The fraction of sp³-hybridized carbons (Fsp3) is 0.571. The van der Waals surface area contributed by atoms with Crippen LogP contribution in [-0.4, -0.2) is 5.24 Å². The molecule has 0 aromatic rings. The molecule has 0 aliphatic heterocycles. The van der Waals surface area contributed by atoms with E-state index >= 15 is 0 Å². The summed E-state index contributed by atoms with van der Waals surface area (Å²) in [6, 6.07) is 0. The first kappa shape index (κ1) is 6.81. The fourth-order valence-electron chi connectivity index (χ4n) is 0.917. The van der Waals surface area contributed by atoms with Gasteiger partial charge in [0.15, 0.2) is 0 Å². The van der Waals surface area contributed by atoms with Crippen molar-refractivity contribution in [3.63, 3.8) is 0 Å². The minimum absolute atomic E-state index is 0.361. The zero-order chi connectivity index (χ0) is 6.85. The summed E-state index contributed by atoms with van der Waals surface area (Å²) in [5, 5.41) is -0.361. The predicted octanol–water partition coefficient (Wildman–Crippen LogP) is 2.11. The lowest BCUT2D eigenvalue weighted by Crippen LogP contribution is -2.16. The molecule has 0 aromatic heterocycles. The Labute approximate surface area is 59.7 Å². The van der Waals surface area contributed by atoms with Gasteiger partial charge in [-0.25, -0.2) is 0 Å². The molecule has 9 heavy (non-hydrogen) atoms. The van der Waals surface area contributed by atoms with Gasteiger partial charge in [-0.15, -0.1) is 0 Å². The van der Waals surface area contributed by atoms with Gasteiger partial charge in [0, 0.05) is 5.57 Å². The van der Waals surface area contributed by atoms with Crippen LogP contribution >= 0.6 is 11.6 Å². The third-order valence-corrected chi connectivity index (χ3v) is 2.09. The van der Waals surface area contributed by atoms with Crippen molar-refractivity contribution in [3.05, 3.63) is 12.2 Å². The van der Waals surface area contributed by atoms with Crippen LogP contribution < -0.4 is 0 Å². The fourth-order valence-corrected chi connectivity index (χ4v) is 1.07. The molecule has 0 unspecified atom stereocenters. The number of carbonyl (C=O) groups is 1. The minimum atomic E-state index is -0.361. The molecule has 0 heterocycles.